The zero-order valence-corrected chi connectivity index (χ0v) is 10.8. The van der Waals surface area contributed by atoms with Crippen molar-refractivity contribution in [3.05, 3.63) is 63.7 Å². The molecule has 20 heavy (non-hydrogen) atoms. The molecule has 0 aliphatic heterocycles. The van der Waals surface area contributed by atoms with Gasteiger partial charge in [0.05, 0.1) is 11.6 Å². The minimum absolute atomic E-state index is 0.00195. The minimum atomic E-state index is -1.31. The first-order valence-electron chi connectivity index (χ1n) is 5.51. The third kappa shape index (κ3) is 2.70. The SMILES string of the molecule is N=c1c(C(=O)O)cc(Cl)cn1Cc1cccc(F)c1F. The Morgan fingerprint density at radius 2 is 2.10 bits per heavy atom. The Hall–Kier alpha value is -2.21. The Kier molecular flexibility index (Phi) is 3.85. The van der Waals surface area contributed by atoms with Gasteiger partial charge in [-0.3, -0.25) is 5.41 Å². The molecule has 0 unspecified atom stereocenters. The molecule has 1 heterocycles. The van der Waals surface area contributed by atoms with Gasteiger partial charge in [-0.15, -0.1) is 0 Å². The van der Waals surface area contributed by atoms with Gasteiger partial charge in [-0.05, 0) is 12.1 Å². The van der Waals surface area contributed by atoms with Gasteiger partial charge in [0.1, 0.15) is 11.1 Å². The van der Waals surface area contributed by atoms with Crippen LogP contribution >= 0.6 is 11.6 Å². The quantitative estimate of drug-likeness (QED) is 0.915. The number of hydrogen-bond donors (Lipinski definition) is 2. The number of carboxylic acid groups (broad SMARTS) is 1. The lowest BCUT2D eigenvalue weighted by molar-refractivity contribution is 0.0693. The van der Waals surface area contributed by atoms with Gasteiger partial charge in [-0.25, -0.2) is 13.6 Å². The first kappa shape index (κ1) is 14.2. The lowest BCUT2D eigenvalue weighted by atomic mass is 10.2. The summed E-state index contributed by atoms with van der Waals surface area (Å²) < 4.78 is 27.8. The molecule has 0 fully saturated rings. The van der Waals surface area contributed by atoms with Crippen LogP contribution in [0.5, 0.6) is 0 Å². The van der Waals surface area contributed by atoms with Crippen molar-refractivity contribution in [1.29, 1.82) is 5.41 Å². The molecule has 0 atom stereocenters. The van der Waals surface area contributed by atoms with Crippen molar-refractivity contribution in [1.82, 2.24) is 4.57 Å². The van der Waals surface area contributed by atoms with E-state index in [0.29, 0.717) is 0 Å². The minimum Gasteiger partial charge on any atom is -0.478 e. The summed E-state index contributed by atoms with van der Waals surface area (Å²) in [4.78, 5) is 11.0. The molecule has 0 amide bonds. The predicted molar refractivity (Wildman–Crippen MR) is 67.7 cm³/mol. The van der Waals surface area contributed by atoms with Crippen LogP contribution in [0, 0.1) is 17.0 Å². The Morgan fingerprint density at radius 3 is 2.75 bits per heavy atom. The van der Waals surface area contributed by atoms with E-state index in [4.69, 9.17) is 22.1 Å². The molecule has 0 aliphatic carbocycles. The van der Waals surface area contributed by atoms with E-state index >= 15 is 0 Å². The van der Waals surface area contributed by atoms with Gasteiger partial charge in [0.15, 0.2) is 11.6 Å². The summed E-state index contributed by atoms with van der Waals surface area (Å²) in [5.74, 6) is -3.35. The van der Waals surface area contributed by atoms with Crippen molar-refractivity contribution in [2.24, 2.45) is 0 Å². The van der Waals surface area contributed by atoms with Crippen LogP contribution < -0.4 is 5.49 Å². The molecule has 0 aliphatic rings. The van der Waals surface area contributed by atoms with E-state index in [1.54, 1.807) is 0 Å². The molecule has 4 nitrogen and oxygen atoms in total. The van der Waals surface area contributed by atoms with E-state index in [-0.39, 0.29) is 28.2 Å². The summed E-state index contributed by atoms with van der Waals surface area (Å²) in [5.41, 5.74) is -0.651. The van der Waals surface area contributed by atoms with E-state index in [1.165, 1.54) is 18.3 Å². The van der Waals surface area contributed by atoms with Gasteiger partial charge < -0.3 is 9.67 Å². The van der Waals surface area contributed by atoms with E-state index in [0.717, 1.165) is 16.7 Å². The zero-order chi connectivity index (χ0) is 14.9. The van der Waals surface area contributed by atoms with Crippen LogP contribution in [0.25, 0.3) is 0 Å². The fraction of sp³-hybridized carbons (Fsp3) is 0.0769. The highest BCUT2D eigenvalue weighted by molar-refractivity contribution is 6.30. The molecular formula is C13H9ClF2N2O2. The molecule has 0 bridgehead atoms. The number of hydrogen-bond acceptors (Lipinski definition) is 2. The van der Waals surface area contributed by atoms with E-state index < -0.39 is 17.6 Å². The second kappa shape index (κ2) is 5.42. The molecule has 1 aromatic heterocycles. The van der Waals surface area contributed by atoms with Crippen LogP contribution in [-0.4, -0.2) is 15.6 Å². The van der Waals surface area contributed by atoms with Crippen molar-refractivity contribution in [3.63, 3.8) is 0 Å². The molecule has 2 rings (SSSR count). The van der Waals surface area contributed by atoms with Gasteiger partial charge in [0.25, 0.3) is 0 Å². The third-order valence-electron chi connectivity index (χ3n) is 2.71. The topological polar surface area (TPSA) is 66.1 Å². The van der Waals surface area contributed by atoms with Crippen LogP contribution in [0.2, 0.25) is 5.02 Å². The molecule has 0 saturated carbocycles. The average Bonchev–Trinajstić information content (AvgIpc) is 2.38. The highest BCUT2D eigenvalue weighted by Gasteiger charge is 2.13. The third-order valence-corrected chi connectivity index (χ3v) is 2.91. The predicted octanol–water partition coefficient (Wildman–Crippen LogP) is 2.65. The van der Waals surface area contributed by atoms with Crippen LogP contribution in [-0.2, 0) is 6.54 Å². The summed E-state index contributed by atoms with van der Waals surface area (Å²) in [5, 5.41) is 16.8. The average molecular weight is 299 g/mol. The Balaban J connectivity index is 2.52. The van der Waals surface area contributed by atoms with Crippen LogP contribution in [0.15, 0.2) is 30.5 Å². The van der Waals surface area contributed by atoms with Gasteiger partial charge in [-0.1, -0.05) is 23.7 Å². The maximum absolute atomic E-state index is 13.6. The highest BCUT2D eigenvalue weighted by atomic mass is 35.5. The molecule has 0 radical (unpaired) electrons. The molecule has 2 N–H and O–H groups in total. The van der Waals surface area contributed by atoms with Crippen molar-refractivity contribution in [2.45, 2.75) is 6.54 Å². The maximum atomic E-state index is 13.6. The summed E-state index contributed by atoms with van der Waals surface area (Å²) in [6.45, 7) is -0.191. The normalized spacial score (nSPS) is 10.6. The lowest BCUT2D eigenvalue weighted by Crippen LogP contribution is -2.27. The molecule has 2 aromatic rings. The van der Waals surface area contributed by atoms with E-state index in [2.05, 4.69) is 0 Å². The second-order valence-corrected chi connectivity index (χ2v) is 4.50. The smallest absolute Gasteiger partial charge is 0.339 e. The van der Waals surface area contributed by atoms with Crippen molar-refractivity contribution in [2.75, 3.05) is 0 Å². The Labute approximate surface area is 117 Å². The molecule has 0 saturated heterocycles. The number of nitrogens with zero attached hydrogens (tertiary/aromatic N) is 1. The number of benzene rings is 1. The van der Waals surface area contributed by atoms with Crippen molar-refractivity contribution in [3.8, 4) is 0 Å². The monoisotopic (exact) mass is 298 g/mol. The highest BCUT2D eigenvalue weighted by Crippen LogP contribution is 2.14. The fourth-order valence-electron chi connectivity index (χ4n) is 1.75. The number of pyridine rings is 1. The molecule has 1 aromatic carbocycles. The molecule has 0 spiro atoms. The number of halogens is 3. The summed E-state index contributed by atoms with van der Waals surface area (Å²) in [7, 11) is 0. The van der Waals surface area contributed by atoms with Crippen LogP contribution in [0.4, 0.5) is 8.78 Å². The second-order valence-electron chi connectivity index (χ2n) is 4.07. The number of aromatic carboxylic acids is 1. The number of aromatic nitrogens is 1. The van der Waals surface area contributed by atoms with Gasteiger partial charge in [0, 0.05) is 11.8 Å². The first-order chi connectivity index (χ1) is 9.40. The summed E-state index contributed by atoms with van der Waals surface area (Å²) >= 11 is 5.77. The van der Waals surface area contributed by atoms with Crippen molar-refractivity contribution < 1.29 is 18.7 Å². The number of nitrogens with one attached hydrogen (secondary N) is 1. The Morgan fingerprint density at radius 1 is 1.40 bits per heavy atom. The molecular weight excluding hydrogens is 290 g/mol. The standard InChI is InChI=1S/C13H9ClF2N2O2/c14-8-4-9(13(19)20)12(17)18(6-8)5-7-2-1-3-10(15)11(7)16/h1-4,6,17H,5H2,(H,19,20). The first-order valence-corrected chi connectivity index (χ1v) is 5.88. The number of rotatable bonds is 3. The molecule has 7 heteroatoms. The summed E-state index contributed by atoms with van der Waals surface area (Å²) in [6.07, 6.45) is 1.29. The van der Waals surface area contributed by atoms with Gasteiger partial charge in [0.2, 0.25) is 0 Å². The fourth-order valence-corrected chi connectivity index (χ4v) is 1.98. The molecule has 104 valence electrons. The summed E-state index contributed by atoms with van der Waals surface area (Å²) in [6, 6.07) is 4.79. The van der Waals surface area contributed by atoms with E-state index in [9.17, 15) is 13.6 Å². The van der Waals surface area contributed by atoms with Crippen LogP contribution in [0.3, 0.4) is 0 Å². The van der Waals surface area contributed by atoms with Crippen LogP contribution in [0.1, 0.15) is 15.9 Å². The lowest BCUT2D eigenvalue weighted by Gasteiger charge is -2.10. The number of carboxylic acids is 1. The van der Waals surface area contributed by atoms with Gasteiger partial charge in [-0.2, -0.15) is 0 Å². The maximum Gasteiger partial charge on any atom is 0.339 e. The zero-order valence-electron chi connectivity index (χ0n) is 10.0. The number of carbonyl (C=O) groups is 1. The van der Waals surface area contributed by atoms with E-state index in [1.807, 2.05) is 0 Å². The largest absolute Gasteiger partial charge is 0.478 e. The van der Waals surface area contributed by atoms with Crippen molar-refractivity contribution >= 4 is 17.6 Å². The van der Waals surface area contributed by atoms with Gasteiger partial charge >= 0.3 is 5.97 Å². The Bertz CT molecular complexity index is 744.